The number of carbonyl (C=O) groups is 2. The van der Waals surface area contributed by atoms with Crippen molar-refractivity contribution in [2.45, 2.75) is 26.7 Å². The number of phenolic OH excluding ortho intramolecular Hbond substituents is 1. The molecule has 1 unspecified atom stereocenters. The normalized spacial score (nSPS) is 12.5. The molecule has 1 atom stereocenters. The Morgan fingerprint density at radius 1 is 1.04 bits per heavy atom. The third-order valence-electron chi connectivity index (χ3n) is 4.87. The number of carbonyl (C=O) groups excluding carboxylic acids is 1. The van der Waals surface area contributed by atoms with Gasteiger partial charge in [-0.25, -0.2) is 0 Å². The first-order valence-corrected chi connectivity index (χ1v) is 9.46. The van der Waals surface area contributed by atoms with Gasteiger partial charge in [-0.1, -0.05) is 37.0 Å². The zero-order valence-corrected chi connectivity index (χ0v) is 17.0. The number of aromatic nitrogens is 1. The summed E-state index contributed by atoms with van der Waals surface area (Å²) in [6.45, 7) is 5.27. The van der Waals surface area contributed by atoms with E-state index in [0.29, 0.717) is 32.7 Å². The van der Waals surface area contributed by atoms with E-state index in [4.69, 9.17) is 23.2 Å². The molecule has 0 aliphatic heterocycles. The van der Waals surface area contributed by atoms with Crippen molar-refractivity contribution in [2.24, 2.45) is 5.92 Å². The lowest BCUT2D eigenvalue weighted by atomic mass is 9.86. The van der Waals surface area contributed by atoms with E-state index in [9.17, 15) is 19.8 Å². The zero-order valence-electron chi connectivity index (χ0n) is 15.5. The summed E-state index contributed by atoms with van der Waals surface area (Å²) in [6.07, 6.45) is 0. The van der Waals surface area contributed by atoms with E-state index >= 15 is 0 Å². The molecule has 3 rings (SSSR count). The second kappa shape index (κ2) is 7.49. The number of rotatable bonds is 4. The molecule has 0 amide bonds. The Bertz CT molecular complexity index is 1080. The van der Waals surface area contributed by atoms with Crippen molar-refractivity contribution in [2.75, 3.05) is 0 Å². The lowest BCUT2D eigenvalue weighted by molar-refractivity contribution is -0.139. The van der Waals surface area contributed by atoms with Crippen LogP contribution in [0.15, 0.2) is 36.4 Å². The fourth-order valence-electron chi connectivity index (χ4n) is 3.59. The molecule has 0 saturated heterocycles. The fourth-order valence-corrected chi connectivity index (χ4v) is 3.97. The third-order valence-corrected chi connectivity index (χ3v) is 5.51. The highest BCUT2D eigenvalue weighted by molar-refractivity contribution is 6.37. The predicted molar refractivity (Wildman–Crippen MR) is 110 cm³/mol. The maximum atomic E-state index is 13.2. The highest BCUT2D eigenvalue weighted by Crippen LogP contribution is 2.42. The molecule has 0 spiro atoms. The lowest BCUT2D eigenvalue weighted by Gasteiger charge is -2.18. The molecule has 7 heteroatoms. The van der Waals surface area contributed by atoms with Crippen LogP contribution in [0.1, 0.15) is 41.4 Å². The number of hydrogen-bond donors (Lipinski definition) is 2. The minimum absolute atomic E-state index is 0.0326. The fraction of sp³-hybridized carbons (Fsp3) is 0.238. The largest absolute Gasteiger partial charge is 0.506 e. The number of carboxylic acid groups (broad SMARTS) is 1. The van der Waals surface area contributed by atoms with E-state index in [1.54, 1.807) is 51.1 Å². The summed E-state index contributed by atoms with van der Waals surface area (Å²) in [6, 6.07) is 9.40. The lowest BCUT2D eigenvalue weighted by Crippen LogP contribution is -2.19. The van der Waals surface area contributed by atoms with Crippen molar-refractivity contribution in [1.29, 1.82) is 0 Å². The average molecular weight is 420 g/mol. The van der Waals surface area contributed by atoms with E-state index in [-0.39, 0.29) is 22.6 Å². The van der Waals surface area contributed by atoms with E-state index < -0.39 is 11.9 Å². The monoisotopic (exact) mass is 419 g/mol. The van der Waals surface area contributed by atoms with Gasteiger partial charge in [0.05, 0.1) is 16.5 Å². The molecule has 3 aromatic rings. The van der Waals surface area contributed by atoms with Gasteiger partial charge in [0.25, 0.3) is 5.91 Å². The number of hydrogen-bond acceptors (Lipinski definition) is 3. The maximum absolute atomic E-state index is 13.2. The predicted octanol–water partition coefficient (Wildman–Crippen LogP) is 5.47. The van der Waals surface area contributed by atoms with Gasteiger partial charge in [0.1, 0.15) is 5.75 Å². The molecule has 28 heavy (non-hydrogen) atoms. The highest BCUT2D eigenvalue weighted by Gasteiger charge is 2.33. The molecule has 0 aliphatic rings. The number of nitrogens with zero attached hydrogens (tertiary/aromatic N) is 1. The van der Waals surface area contributed by atoms with Gasteiger partial charge in [0, 0.05) is 21.7 Å². The van der Waals surface area contributed by atoms with Crippen LogP contribution < -0.4 is 0 Å². The smallest absolute Gasteiger partial charge is 0.311 e. The molecule has 1 heterocycles. The first-order chi connectivity index (χ1) is 13.1. The topological polar surface area (TPSA) is 79.5 Å². The molecular weight excluding hydrogens is 401 g/mol. The van der Waals surface area contributed by atoms with Crippen molar-refractivity contribution in [1.82, 2.24) is 4.57 Å². The van der Waals surface area contributed by atoms with Crippen molar-refractivity contribution < 1.29 is 19.8 Å². The number of aliphatic carboxylic acids is 1. The molecule has 2 N–H and O–H groups in total. The summed E-state index contributed by atoms with van der Waals surface area (Å²) in [5.41, 5.74) is 1.75. The molecular formula is C21H19Cl2NO4. The van der Waals surface area contributed by atoms with Crippen LogP contribution in [-0.4, -0.2) is 26.7 Å². The second-order valence-corrected chi connectivity index (χ2v) is 7.81. The quantitative estimate of drug-likeness (QED) is 0.586. The molecule has 0 radical (unpaired) electrons. The van der Waals surface area contributed by atoms with Crippen molar-refractivity contribution in [3.8, 4) is 5.75 Å². The minimum atomic E-state index is -1.02. The molecule has 146 valence electrons. The average Bonchev–Trinajstić information content (AvgIpc) is 2.91. The number of carboxylic acids is 1. The first-order valence-electron chi connectivity index (χ1n) is 8.70. The summed E-state index contributed by atoms with van der Waals surface area (Å²) in [5.74, 6) is -2.66. The van der Waals surface area contributed by atoms with Crippen LogP contribution in [0.3, 0.4) is 0 Å². The maximum Gasteiger partial charge on any atom is 0.311 e. The van der Waals surface area contributed by atoms with Gasteiger partial charge in [-0.3, -0.25) is 14.2 Å². The first kappa shape index (κ1) is 20.2. The van der Waals surface area contributed by atoms with E-state index in [1.807, 2.05) is 0 Å². The summed E-state index contributed by atoms with van der Waals surface area (Å²) in [7, 11) is 0. The Morgan fingerprint density at radius 2 is 1.64 bits per heavy atom. The van der Waals surface area contributed by atoms with Crippen molar-refractivity contribution in [3.63, 3.8) is 0 Å². The third kappa shape index (κ3) is 3.25. The molecule has 5 nitrogen and oxygen atoms in total. The minimum Gasteiger partial charge on any atom is -0.506 e. The Morgan fingerprint density at radius 3 is 2.18 bits per heavy atom. The van der Waals surface area contributed by atoms with Crippen molar-refractivity contribution >= 4 is 46.0 Å². The summed E-state index contributed by atoms with van der Waals surface area (Å²) in [5, 5.41) is 20.8. The Labute approximate surface area is 172 Å². The SMILES string of the molecule is Cc1c(C(C(=O)O)C(C)C)c2c(Cl)c(O)ccc2n1C(=O)c1ccc(Cl)cc1. The number of fused-ring (bicyclic) bond motifs is 1. The number of phenols is 1. The van der Waals surface area contributed by atoms with Crippen LogP contribution >= 0.6 is 23.2 Å². The molecule has 0 saturated carbocycles. The van der Waals surface area contributed by atoms with Crippen LogP contribution in [-0.2, 0) is 4.79 Å². The van der Waals surface area contributed by atoms with Gasteiger partial charge in [-0.2, -0.15) is 0 Å². The van der Waals surface area contributed by atoms with Gasteiger partial charge in [-0.15, -0.1) is 0 Å². The zero-order chi connectivity index (χ0) is 20.7. The summed E-state index contributed by atoms with van der Waals surface area (Å²) in [4.78, 5) is 25.2. The number of aromatic hydroxyl groups is 1. The van der Waals surface area contributed by atoms with Crippen LogP contribution in [0, 0.1) is 12.8 Å². The van der Waals surface area contributed by atoms with Gasteiger partial charge >= 0.3 is 5.97 Å². The molecule has 1 aromatic heterocycles. The Kier molecular flexibility index (Phi) is 5.41. The van der Waals surface area contributed by atoms with Gasteiger partial charge in [-0.05, 0) is 54.8 Å². The standard InChI is InChI=1S/C21H19Cl2NO4/c1-10(2)16(21(27)28)17-11(3)24(14-8-9-15(25)19(23)18(14)17)20(26)12-4-6-13(22)7-5-12/h4-10,16,25H,1-3H3,(H,27,28). The molecule has 2 aromatic carbocycles. The van der Waals surface area contributed by atoms with Gasteiger partial charge < -0.3 is 10.2 Å². The van der Waals surface area contributed by atoms with E-state index in [1.165, 1.54) is 10.6 Å². The van der Waals surface area contributed by atoms with Crippen molar-refractivity contribution in [3.05, 3.63) is 63.3 Å². The van der Waals surface area contributed by atoms with Crippen LogP contribution in [0.4, 0.5) is 0 Å². The van der Waals surface area contributed by atoms with Gasteiger partial charge in [0.15, 0.2) is 0 Å². The van der Waals surface area contributed by atoms with E-state index in [0.717, 1.165) is 0 Å². The second-order valence-electron chi connectivity index (χ2n) is 7.00. The number of halogens is 2. The number of benzene rings is 2. The van der Waals surface area contributed by atoms with Gasteiger partial charge in [0.2, 0.25) is 0 Å². The molecule has 0 fully saturated rings. The molecule has 0 bridgehead atoms. The van der Waals surface area contributed by atoms with Crippen LogP contribution in [0.25, 0.3) is 10.9 Å². The molecule has 0 aliphatic carbocycles. The Balaban J connectivity index is 2.38. The summed E-state index contributed by atoms with van der Waals surface area (Å²) >= 11 is 12.3. The van der Waals surface area contributed by atoms with Crippen LogP contribution in [0.2, 0.25) is 10.0 Å². The highest BCUT2D eigenvalue weighted by atomic mass is 35.5. The van der Waals surface area contributed by atoms with Crippen LogP contribution in [0.5, 0.6) is 5.75 Å². The Hall–Kier alpha value is -2.50. The van der Waals surface area contributed by atoms with E-state index in [2.05, 4.69) is 0 Å². The summed E-state index contributed by atoms with van der Waals surface area (Å²) < 4.78 is 1.44.